The van der Waals surface area contributed by atoms with Crippen molar-refractivity contribution in [1.82, 2.24) is 20.2 Å². The lowest BCUT2D eigenvalue weighted by Crippen LogP contribution is -2.04. The number of hydrogen-bond donors (Lipinski definition) is 0. The van der Waals surface area contributed by atoms with Gasteiger partial charge in [-0.25, -0.2) is 4.68 Å². The molecule has 2 heterocycles. The number of aromatic nitrogens is 4. The highest BCUT2D eigenvalue weighted by Gasteiger charge is 2.07. The average Bonchev–Trinajstić information content (AvgIpc) is 2.76. The summed E-state index contributed by atoms with van der Waals surface area (Å²) in [5, 5.41) is 11.3. The first-order chi connectivity index (χ1) is 6.79. The zero-order chi connectivity index (χ0) is 9.97. The highest BCUT2D eigenvalue weighted by molar-refractivity contribution is 6.28. The molecule has 14 heavy (non-hydrogen) atoms. The van der Waals surface area contributed by atoms with Gasteiger partial charge in [0.1, 0.15) is 12.3 Å². The Bertz CT molecular complexity index is 425. The predicted molar refractivity (Wildman–Crippen MR) is 50.2 cm³/mol. The van der Waals surface area contributed by atoms with Gasteiger partial charge in [0.05, 0.1) is 5.88 Å². The third kappa shape index (κ3) is 1.88. The van der Waals surface area contributed by atoms with Crippen LogP contribution < -0.4 is 0 Å². The van der Waals surface area contributed by atoms with Crippen molar-refractivity contribution < 1.29 is 4.42 Å². The smallest absolute Gasteiger partial charge is 0.193 e. The molecule has 0 aliphatic carbocycles. The van der Waals surface area contributed by atoms with Crippen molar-refractivity contribution in [3.63, 3.8) is 0 Å². The molecule has 0 aliphatic heterocycles. The summed E-state index contributed by atoms with van der Waals surface area (Å²) < 4.78 is 6.72. The molecule has 2 rings (SSSR count). The Balaban J connectivity index is 2.18. The molecule has 0 unspecified atom stereocenters. The molecular weight excluding hydrogens is 227 g/mol. The maximum absolute atomic E-state index is 5.62. The van der Waals surface area contributed by atoms with Gasteiger partial charge in [0.25, 0.3) is 0 Å². The van der Waals surface area contributed by atoms with E-state index >= 15 is 0 Å². The number of tetrazole rings is 1. The largest absolute Gasteiger partial charge is 0.448 e. The van der Waals surface area contributed by atoms with E-state index in [4.69, 9.17) is 27.6 Å². The van der Waals surface area contributed by atoms with Gasteiger partial charge in [-0.1, -0.05) is 0 Å². The van der Waals surface area contributed by atoms with Crippen molar-refractivity contribution in [1.29, 1.82) is 0 Å². The van der Waals surface area contributed by atoms with E-state index in [1.807, 2.05) is 0 Å². The fourth-order valence-electron chi connectivity index (χ4n) is 1.03. The molecule has 0 aromatic carbocycles. The molecule has 74 valence electrons. The van der Waals surface area contributed by atoms with E-state index in [9.17, 15) is 0 Å². The van der Waals surface area contributed by atoms with Gasteiger partial charge in [0.2, 0.25) is 0 Å². The van der Waals surface area contributed by atoms with E-state index in [1.54, 1.807) is 16.8 Å². The minimum absolute atomic E-state index is 0.265. The molecule has 0 amide bonds. The van der Waals surface area contributed by atoms with E-state index in [2.05, 4.69) is 15.5 Å². The Hall–Kier alpha value is -1.07. The molecule has 0 N–H and O–H groups in total. The minimum Gasteiger partial charge on any atom is -0.448 e. The normalized spacial score (nSPS) is 10.7. The number of furan rings is 1. The predicted octanol–water partition coefficient (Wildman–Crippen LogP) is 1.71. The monoisotopic (exact) mass is 232 g/mol. The molecule has 2 aromatic heterocycles. The van der Waals surface area contributed by atoms with Crippen LogP contribution in [-0.4, -0.2) is 20.2 Å². The van der Waals surface area contributed by atoms with Crippen molar-refractivity contribution in [3.8, 4) is 0 Å². The van der Waals surface area contributed by atoms with Gasteiger partial charge in [-0.05, 0) is 34.2 Å². The van der Waals surface area contributed by atoms with Crippen LogP contribution in [0.2, 0.25) is 5.22 Å². The number of nitrogens with zero attached hydrogens (tertiary/aromatic N) is 4. The van der Waals surface area contributed by atoms with Crippen LogP contribution in [-0.2, 0) is 12.4 Å². The first-order valence-corrected chi connectivity index (χ1v) is 4.76. The van der Waals surface area contributed by atoms with Gasteiger partial charge in [-0.3, -0.25) is 0 Å². The van der Waals surface area contributed by atoms with Crippen molar-refractivity contribution in [2.75, 3.05) is 0 Å². The van der Waals surface area contributed by atoms with Crippen molar-refractivity contribution in [2.45, 2.75) is 12.4 Å². The molecule has 0 spiro atoms. The van der Waals surface area contributed by atoms with Crippen LogP contribution in [0.25, 0.3) is 0 Å². The highest BCUT2D eigenvalue weighted by Crippen LogP contribution is 2.14. The van der Waals surface area contributed by atoms with E-state index < -0.39 is 0 Å². The summed E-state index contributed by atoms with van der Waals surface area (Å²) in [5.74, 6) is 1.55. The second kappa shape index (κ2) is 3.98. The fraction of sp³-hybridized carbons (Fsp3) is 0.286. The fourth-order valence-corrected chi connectivity index (χ4v) is 1.38. The lowest BCUT2D eigenvalue weighted by atomic mass is 10.4. The van der Waals surface area contributed by atoms with Gasteiger partial charge < -0.3 is 4.42 Å². The Morgan fingerprint density at radius 1 is 1.43 bits per heavy atom. The van der Waals surface area contributed by atoms with E-state index in [0.717, 1.165) is 0 Å². The lowest BCUT2D eigenvalue weighted by Gasteiger charge is -1.98. The molecule has 7 heteroatoms. The maximum atomic E-state index is 5.62. The number of alkyl halides is 1. The summed E-state index contributed by atoms with van der Waals surface area (Å²) >= 11 is 11.2. The Morgan fingerprint density at radius 2 is 2.29 bits per heavy atom. The van der Waals surface area contributed by atoms with E-state index in [1.165, 1.54) is 0 Å². The number of halogens is 2. The van der Waals surface area contributed by atoms with Crippen LogP contribution in [0.5, 0.6) is 0 Å². The highest BCUT2D eigenvalue weighted by atomic mass is 35.5. The Morgan fingerprint density at radius 3 is 2.93 bits per heavy atom. The first kappa shape index (κ1) is 9.48. The van der Waals surface area contributed by atoms with Crippen LogP contribution in [0.3, 0.4) is 0 Å². The standard InChI is InChI=1S/C7H6Cl2N4O/c8-3-7-10-11-12-13(7)4-5-1-2-6(9)14-5/h1-2H,3-4H2. The average molecular weight is 233 g/mol. The number of rotatable bonds is 3. The van der Waals surface area contributed by atoms with Crippen LogP contribution in [0.4, 0.5) is 0 Å². The molecule has 5 nitrogen and oxygen atoms in total. The first-order valence-electron chi connectivity index (χ1n) is 3.85. The zero-order valence-electron chi connectivity index (χ0n) is 7.02. The van der Waals surface area contributed by atoms with E-state index in [-0.39, 0.29) is 5.88 Å². The maximum Gasteiger partial charge on any atom is 0.193 e. The topological polar surface area (TPSA) is 56.7 Å². The molecule has 2 aromatic rings. The van der Waals surface area contributed by atoms with Crippen molar-refractivity contribution in [2.24, 2.45) is 0 Å². The van der Waals surface area contributed by atoms with E-state index in [0.29, 0.717) is 23.3 Å². The summed E-state index contributed by atoms with van der Waals surface area (Å²) in [6, 6.07) is 3.43. The lowest BCUT2D eigenvalue weighted by molar-refractivity contribution is 0.472. The Kier molecular flexibility index (Phi) is 2.69. The molecule has 0 bridgehead atoms. The van der Waals surface area contributed by atoms with Gasteiger partial charge in [-0.2, -0.15) is 0 Å². The summed E-state index contributed by atoms with van der Waals surface area (Å²) in [5.41, 5.74) is 0. The molecule has 0 atom stereocenters. The summed E-state index contributed by atoms with van der Waals surface area (Å²) in [6.07, 6.45) is 0. The summed E-state index contributed by atoms with van der Waals surface area (Å²) in [7, 11) is 0. The van der Waals surface area contributed by atoms with Crippen molar-refractivity contribution in [3.05, 3.63) is 28.9 Å². The minimum atomic E-state index is 0.265. The van der Waals surface area contributed by atoms with Crippen LogP contribution >= 0.6 is 23.2 Å². The van der Waals surface area contributed by atoms with Crippen molar-refractivity contribution >= 4 is 23.2 Å². The second-order valence-electron chi connectivity index (χ2n) is 2.59. The van der Waals surface area contributed by atoms with Gasteiger partial charge >= 0.3 is 0 Å². The van der Waals surface area contributed by atoms with Gasteiger partial charge in [0.15, 0.2) is 11.0 Å². The van der Waals surface area contributed by atoms with Gasteiger partial charge in [0, 0.05) is 0 Å². The molecule has 0 saturated carbocycles. The van der Waals surface area contributed by atoms with Gasteiger partial charge in [-0.15, -0.1) is 16.7 Å². The summed E-state index contributed by atoms with van der Waals surface area (Å²) in [4.78, 5) is 0. The van der Waals surface area contributed by atoms with Crippen LogP contribution in [0.1, 0.15) is 11.6 Å². The van der Waals surface area contributed by atoms with Crippen LogP contribution in [0.15, 0.2) is 16.5 Å². The Labute approximate surface area is 89.6 Å². The molecular formula is C7H6Cl2N4O. The SMILES string of the molecule is ClCc1nnnn1Cc1ccc(Cl)o1. The zero-order valence-corrected chi connectivity index (χ0v) is 8.53. The summed E-state index contributed by atoms with van der Waals surface area (Å²) in [6.45, 7) is 0.432. The third-order valence-corrected chi connectivity index (χ3v) is 2.10. The quantitative estimate of drug-likeness (QED) is 0.757. The number of hydrogen-bond acceptors (Lipinski definition) is 4. The van der Waals surface area contributed by atoms with Crippen LogP contribution in [0, 0.1) is 0 Å². The third-order valence-electron chi connectivity index (χ3n) is 1.66. The molecule has 0 fully saturated rings. The molecule has 0 saturated heterocycles. The second-order valence-corrected chi connectivity index (χ2v) is 3.23. The molecule has 0 aliphatic rings. The molecule has 0 radical (unpaired) electrons.